The van der Waals surface area contributed by atoms with E-state index in [0.29, 0.717) is 29.5 Å². The minimum Gasteiger partial charge on any atom is -0.492 e. The number of benzene rings is 2. The molecule has 106 valence electrons. The van der Waals surface area contributed by atoms with Gasteiger partial charge in [-0.3, -0.25) is 4.21 Å². The van der Waals surface area contributed by atoms with E-state index in [4.69, 9.17) is 10.5 Å². The van der Waals surface area contributed by atoms with Gasteiger partial charge in [-0.25, -0.2) is 4.39 Å². The molecule has 0 aliphatic rings. The van der Waals surface area contributed by atoms with Crippen molar-refractivity contribution in [3.05, 3.63) is 59.9 Å². The molecule has 2 rings (SSSR count). The highest BCUT2D eigenvalue weighted by atomic mass is 32.2. The largest absolute Gasteiger partial charge is 0.492 e. The van der Waals surface area contributed by atoms with Crippen LogP contribution in [0.1, 0.15) is 5.56 Å². The number of hydrogen-bond donors (Lipinski definition) is 1. The van der Waals surface area contributed by atoms with Crippen molar-refractivity contribution in [1.29, 1.82) is 0 Å². The third-order valence-electron chi connectivity index (χ3n) is 2.80. The van der Waals surface area contributed by atoms with Crippen LogP contribution in [0, 0.1) is 5.82 Å². The van der Waals surface area contributed by atoms with Gasteiger partial charge in [-0.2, -0.15) is 0 Å². The maximum absolute atomic E-state index is 12.8. The number of halogens is 1. The number of para-hydroxylation sites is 1. The van der Waals surface area contributed by atoms with Gasteiger partial charge in [0, 0.05) is 17.0 Å². The van der Waals surface area contributed by atoms with Gasteiger partial charge in [0.1, 0.15) is 18.2 Å². The average molecular weight is 293 g/mol. The lowest BCUT2D eigenvalue weighted by Crippen LogP contribution is -2.10. The Morgan fingerprint density at radius 2 is 1.80 bits per heavy atom. The Morgan fingerprint density at radius 1 is 1.10 bits per heavy atom. The molecule has 0 spiro atoms. The molecule has 0 bridgehead atoms. The minimum absolute atomic E-state index is 0.320. The molecule has 0 aliphatic heterocycles. The van der Waals surface area contributed by atoms with Crippen molar-refractivity contribution in [2.45, 2.75) is 11.4 Å². The molecule has 0 aliphatic carbocycles. The number of nitrogens with two attached hydrogens (primary N) is 1. The van der Waals surface area contributed by atoms with Crippen molar-refractivity contribution in [1.82, 2.24) is 0 Å². The van der Waals surface area contributed by atoms with Crippen molar-refractivity contribution >= 4 is 10.8 Å². The Kier molecular flexibility index (Phi) is 5.26. The van der Waals surface area contributed by atoms with Crippen LogP contribution in [-0.2, 0) is 17.3 Å². The molecule has 0 saturated carbocycles. The van der Waals surface area contributed by atoms with Gasteiger partial charge in [0.25, 0.3) is 0 Å². The van der Waals surface area contributed by atoms with Crippen molar-refractivity contribution in [3.8, 4) is 5.75 Å². The molecule has 0 heterocycles. The Morgan fingerprint density at radius 3 is 2.50 bits per heavy atom. The predicted molar refractivity (Wildman–Crippen MR) is 77.5 cm³/mol. The summed E-state index contributed by atoms with van der Waals surface area (Å²) in [4.78, 5) is 0.599. The quantitative estimate of drug-likeness (QED) is 0.890. The van der Waals surface area contributed by atoms with E-state index < -0.39 is 10.8 Å². The van der Waals surface area contributed by atoms with E-state index in [2.05, 4.69) is 0 Å². The van der Waals surface area contributed by atoms with Gasteiger partial charge in [-0.05, 0) is 30.3 Å². The molecule has 0 saturated heterocycles. The van der Waals surface area contributed by atoms with Crippen LogP contribution in [0.3, 0.4) is 0 Å². The summed E-state index contributed by atoms with van der Waals surface area (Å²) in [6.07, 6.45) is 0. The van der Waals surface area contributed by atoms with Gasteiger partial charge in [-0.1, -0.05) is 18.2 Å². The molecule has 0 aromatic heterocycles. The van der Waals surface area contributed by atoms with E-state index in [1.54, 1.807) is 0 Å². The molecule has 2 aromatic carbocycles. The maximum atomic E-state index is 12.8. The Labute approximate surface area is 120 Å². The van der Waals surface area contributed by atoms with Crippen LogP contribution in [0.4, 0.5) is 4.39 Å². The van der Waals surface area contributed by atoms with Crippen LogP contribution >= 0.6 is 0 Å². The summed E-state index contributed by atoms with van der Waals surface area (Å²) in [5, 5.41) is 0. The first-order chi connectivity index (χ1) is 9.70. The molecule has 5 heteroatoms. The average Bonchev–Trinajstić information content (AvgIpc) is 2.48. The summed E-state index contributed by atoms with van der Waals surface area (Å²) in [6.45, 7) is 0.720. The van der Waals surface area contributed by atoms with E-state index in [9.17, 15) is 8.60 Å². The first kappa shape index (κ1) is 14.7. The molecule has 3 nitrogen and oxygen atoms in total. The lowest BCUT2D eigenvalue weighted by molar-refractivity contribution is 0.339. The zero-order valence-corrected chi connectivity index (χ0v) is 11.7. The second-order valence-electron chi connectivity index (χ2n) is 4.16. The highest BCUT2D eigenvalue weighted by Gasteiger charge is 2.06. The summed E-state index contributed by atoms with van der Waals surface area (Å²) < 4.78 is 30.4. The fourth-order valence-corrected chi connectivity index (χ4v) is 2.65. The Hall–Kier alpha value is -1.72. The Balaban J connectivity index is 1.89. The lowest BCUT2D eigenvalue weighted by Gasteiger charge is -2.10. The molecule has 0 fully saturated rings. The molecular formula is C15H16FNO2S. The van der Waals surface area contributed by atoms with Crippen molar-refractivity contribution < 1.29 is 13.3 Å². The maximum Gasteiger partial charge on any atom is 0.123 e. The second kappa shape index (κ2) is 7.17. The molecule has 20 heavy (non-hydrogen) atoms. The second-order valence-corrected chi connectivity index (χ2v) is 5.73. The van der Waals surface area contributed by atoms with E-state index in [1.807, 2.05) is 24.3 Å². The van der Waals surface area contributed by atoms with E-state index in [-0.39, 0.29) is 5.82 Å². The summed E-state index contributed by atoms with van der Waals surface area (Å²) in [5.41, 5.74) is 6.53. The molecular weight excluding hydrogens is 277 g/mol. The highest BCUT2D eigenvalue weighted by Crippen LogP contribution is 2.17. The van der Waals surface area contributed by atoms with Crippen molar-refractivity contribution in [3.63, 3.8) is 0 Å². The SMILES string of the molecule is NCc1ccccc1OCCS(=O)c1ccc(F)cc1. The van der Waals surface area contributed by atoms with Crippen molar-refractivity contribution in [2.24, 2.45) is 5.73 Å². The first-order valence-electron chi connectivity index (χ1n) is 6.25. The molecule has 2 N–H and O–H groups in total. The molecule has 2 aromatic rings. The first-order valence-corrected chi connectivity index (χ1v) is 7.57. The third-order valence-corrected chi connectivity index (χ3v) is 4.13. The van der Waals surface area contributed by atoms with E-state index >= 15 is 0 Å². The fourth-order valence-electron chi connectivity index (χ4n) is 1.74. The Bertz CT molecular complexity index is 587. The fraction of sp³-hybridized carbons (Fsp3) is 0.200. The summed E-state index contributed by atoms with van der Waals surface area (Å²) in [6, 6.07) is 13.2. The normalized spacial score (nSPS) is 12.1. The summed E-state index contributed by atoms with van der Waals surface area (Å²) in [5.74, 6) is 0.731. The lowest BCUT2D eigenvalue weighted by atomic mass is 10.2. The summed E-state index contributed by atoms with van der Waals surface area (Å²) >= 11 is 0. The highest BCUT2D eigenvalue weighted by molar-refractivity contribution is 7.85. The van der Waals surface area contributed by atoms with Crippen LogP contribution < -0.4 is 10.5 Å². The molecule has 1 unspecified atom stereocenters. The molecule has 0 radical (unpaired) electrons. The van der Waals surface area contributed by atoms with E-state index in [1.165, 1.54) is 24.3 Å². The predicted octanol–water partition coefficient (Wildman–Crippen LogP) is 2.47. The third kappa shape index (κ3) is 3.88. The van der Waals surface area contributed by atoms with Gasteiger partial charge in [0.05, 0.1) is 16.6 Å². The zero-order chi connectivity index (χ0) is 14.4. The standard InChI is InChI=1S/C15H16FNO2S/c16-13-5-7-14(8-6-13)20(18)10-9-19-15-4-2-1-3-12(15)11-17/h1-8H,9-11,17H2. The molecule has 1 atom stereocenters. The number of hydrogen-bond acceptors (Lipinski definition) is 3. The smallest absolute Gasteiger partial charge is 0.123 e. The number of ether oxygens (including phenoxy) is 1. The van der Waals surface area contributed by atoms with Gasteiger partial charge in [-0.15, -0.1) is 0 Å². The van der Waals surface area contributed by atoms with Crippen molar-refractivity contribution in [2.75, 3.05) is 12.4 Å². The zero-order valence-electron chi connectivity index (χ0n) is 10.9. The molecule has 0 amide bonds. The van der Waals surface area contributed by atoms with Crippen LogP contribution in [0.5, 0.6) is 5.75 Å². The van der Waals surface area contributed by atoms with Gasteiger partial charge in [0.2, 0.25) is 0 Å². The van der Waals surface area contributed by atoms with Gasteiger partial charge in [0.15, 0.2) is 0 Å². The van der Waals surface area contributed by atoms with Crippen LogP contribution in [0.25, 0.3) is 0 Å². The monoisotopic (exact) mass is 293 g/mol. The van der Waals surface area contributed by atoms with Crippen LogP contribution in [0.15, 0.2) is 53.4 Å². The van der Waals surface area contributed by atoms with E-state index in [0.717, 1.165) is 5.56 Å². The number of rotatable bonds is 6. The summed E-state index contributed by atoms with van der Waals surface area (Å²) in [7, 11) is -1.20. The van der Waals surface area contributed by atoms with Crippen LogP contribution in [-0.4, -0.2) is 16.6 Å². The van der Waals surface area contributed by atoms with Gasteiger partial charge < -0.3 is 10.5 Å². The minimum atomic E-state index is -1.20. The topological polar surface area (TPSA) is 52.3 Å². The van der Waals surface area contributed by atoms with Gasteiger partial charge >= 0.3 is 0 Å². The van der Waals surface area contributed by atoms with Crippen LogP contribution in [0.2, 0.25) is 0 Å².